The molecule has 0 aliphatic carbocycles. The summed E-state index contributed by atoms with van der Waals surface area (Å²) in [5.74, 6) is 1.45. The molecule has 0 aliphatic heterocycles. The summed E-state index contributed by atoms with van der Waals surface area (Å²) in [5.41, 5.74) is 0. The van der Waals surface area contributed by atoms with Gasteiger partial charge in [-0.3, -0.25) is 4.79 Å². The molecule has 0 aliphatic rings. The average molecular weight is 461 g/mol. The first-order chi connectivity index (χ1) is 14.6. The van der Waals surface area contributed by atoms with Crippen LogP contribution in [0.3, 0.4) is 0 Å². The summed E-state index contributed by atoms with van der Waals surface area (Å²) in [6.45, 7) is 8.79. The molecule has 0 heterocycles. The Labute approximate surface area is 193 Å². The molecule has 0 saturated heterocycles. The minimum absolute atomic E-state index is 0.0947. The molecular formula is C24H44O4S2. The second-order valence-electron chi connectivity index (χ2n) is 7.72. The van der Waals surface area contributed by atoms with Crippen molar-refractivity contribution in [3.63, 3.8) is 0 Å². The summed E-state index contributed by atoms with van der Waals surface area (Å²) < 4.78 is 10.5. The third kappa shape index (κ3) is 20.6. The van der Waals surface area contributed by atoms with E-state index in [4.69, 9.17) is 9.47 Å². The van der Waals surface area contributed by atoms with Crippen molar-refractivity contribution >= 4 is 33.5 Å². The standard InChI is InChI=1S/C24H44O4S2/c1-4-7-9-11-12-14-16-22(15-13-10-8-5-2)21-28-24(26)17-19-29-30-20-18-27-23(25)6-3/h6,22H,3-5,7-21H2,1-2H3. The normalized spacial score (nSPS) is 11.8. The summed E-state index contributed by atoms with van der Waals surface area (Å²) in [6.07, 6.45) is 16.9. The first-order valence-electron chi connectivity index (χ1n) is 11.8. The van der Waals surface area contributed by atoms with E-state index in [0.717, 1.165) is 11.8 Å². The molecule has 0 amide bonds. The van der Waals surface area contributed by atoms with Crippen molar-refractivity contribution in [2.24, 2.45) is 5.92 Å². The molecule has 0 rings (SSSR count). The van der Waals surface area contributed by atoms with Gasteiger partial charge in [-0.2, -0.15) is 0 Å². The van der Waals surface area contributed by atoms with Crippen LogP contribution in [0, 0.1) is 5.92 Å². The van der Waals surface area contributed by atoms with E-state index in [0.29, 0.717) is 31.3 Å². The van der Waals surface area contributed by atoms with Crippen molar-refractivity contribution in [1.29, 1.82) is 0 Å². The van der Waals surface area contributed by atoms with Gasteiger partial charge in [0.15, 0.2) is 0 Å². The van der Waals surface area contributed by atoms with E-state index < -0.39 is 5.97 Å². The Kier molecular flexibility index (Phi) is 22.6. The Morgan fingerprint density at radius 1 is 0.833 bits per heavy atom. The molecule has 0 bridgehead atoms. The Balaban J connectivity index is 3.89. The van der Waals surface area contributed by atoms with Crippen LogP contribution < -0.4 is 0 Å². The molecule has 0 aromatic heterocycles. The van der Waals surface area contributed by atoms with E-state index in [9.17, 15) is 9.59 Å². The number of rotatable bonds is 22. The highest BCUT2D eigenvalue weighted by atomic mass is 33.1. The van der Waals surface area contributed by atoms with Gasteiger partial charge in [0.05, 0.1) is 13.0 Å². The fourth-order valence-corrected chi connectivity index (χ4v) is 4.94. The molecule has 1 atom stereocenters. The van der Waals surface area contributed by atoms with Crippen LogP contribution in [-0.4, -0.2) is 36.7 Å². The number of carbonyl (C=O) groups excluding carboxylic acids is 2. The monoisotopic (exact) mass is 460 g/mol. The van der Waals surface area contributed by atoms with Gasteiger partial charge in [-0.1, -0.05) is 106 Å². The molecule has 0 aromatic carbocycles. The van der Waals surface area contributed by atoms with Crippen LogP contribution >= 0.6 is 21.6 Å². The lowest BCUT2D eigenvalue weighted by Gasteiger charge is -2.17. The zero-order chi connectivity index (χ0) is 22.3. The lowest BCUT2D eigenvalue weighted by Crippen LogP contribution is -2.15. The van der Waals surface area contributed by atoms with Crippen LogP contribution in [0.4, 0.5) is 0 Å². The van der Waals surface area contributed by atoms with Gasteiger partial charge < -0.3 is 9.47 Å². The third-order valence-corrected chi connectivity index (χ3v) is 7.33. The van der Waals surface area contributed by atoms with Crippen LogP contribution in [0.2, 0.25) is 0 Å². The highest BCUT2D eigenvalue weighted by Crippen LogP contribution is 2.22. The summed E-state index contributed by atoms with van der Waals surface area (Å²) in [5, 5.41) is 0. The molecule has 30 heavy (non-hydrogen) atoms. The van der Waals surface area contributed by atoms with Crippen molar-refractivity contribution < 1.29 is 19.1 Å². The minimum Gasteiger partial charge on any atom is -0.465 e. The third-order valence-electron chi connectivity index (χ3n) is 4.96. The van der Waals surface area contributed by atoms with Crippen molar-refractivity contribution in [3.8, 4) is 0 Å². The van der Waals surface area contributed by atoms with Gasteiger partial charge in [-0.25, -0.2) is 4.79 Å². The maximum Gasteiger partial charge on any atom is 0.330 e. The first-order valence-corrected chi connectivity index (χ1v) is 14.3. The van der Waals surface area contributed by atoms with Gasteiger partial charge in [0, 0.05) is 17.6 Å². The van der Waals surface area contributed by atoms with Gasteiger partial charge in [0.1, 0.15) is 6.61 Å². The molecule has 4 nitrogen and oxygen atoms in total. The molecule has 6 heteroatoms. The molecule has 0 fully saturated rings. The van der Waals surface area contributed by atoms with E-state index in [-0.39, 0.29) is 5.97 Å². The smallest absolute Gasteiger partial charge is 0.330 e. The van der Waals surface area contributed by atoms with Gasteiger partial charge >= 0.3 is 11.9 Å². The Morgan fingerprint density at radius 2 is 1.40 bits per heavy atom. The molecule has 0 radical (unpaired) electrons. The van der Waals surface area contributed by atoms with Crippen molar-refractivity contribution in [3.05, 3.63) is 12.7 Å². The van der Waals surface area contributed by atoms with E-state index in [1.54, 1.807) is 21.6 Å². The van der Waals surface area contributed by atoms with Crippen molar-refractivity contribution in [2.45, 2.75) is 97.3 Å². The van der Waals surface area contributed by atoms with E-state index in [1.165, 1.54) is 77.0 Å². The highest BCUT2D eigenvalue weighted by molar-refractivity contribution is 8.76. The second-order valence-corrected chi connectivity index (χ2v) is 10.4. The average Bonchev–Trinajstić information content (AvgIpc) is 2.75. The zero-order valence-electron chi connectivity index (χ0n) is 19.3. The lowest BCUT2D eigenvalue weighted by atomic mass is 9.95. The summed E-state index contributed by atoms with van der Waals surface area (Å²) in [4.78, 5) is 23.0. The van der Waals surface area contributed by atoms with E-state index in [2.05, 4.69) is 20.4 Å². The number of ether oxygens (including phenoxy) is 2. The first kappa shape index (κ1) is 29.4. The Hall–Kier alpha value is -0.620. The van der Waals surface area contributed by atoms with Gasteiger partial charge in [0.2, 0.25) is 0 Å². The number of hydrogen-bond acceptors (Lipinski definition) is 6. The van der Waals surface area contributed by atoms with Crippen LogP contribution in [0.15, 0.2) is 12.7 Å². The summed E-state index contributed by atoms with van der Waals surface area (Å²) in [7, 11) is 3.22. The van der Waals surface area contributed by atoms with Crippen LogP contribution in [0.1, 0.15) is 97.3 Å². The second kappa shape index (κ2) is 23.1. The van der Waals surface area contributed by atoms with Gasteiger partial charge in [-0.05, 0) is 18.8 Å². The SMILES string of the molecule is C=CC(=O)OCCSSCCC(=O)OCC(CCCCCC)CCCCCCCC. The van der Waals surface area contributed by atoms with Crippen molar-refractivity contribution in [1.82, 2.24) is 0 Å². The predicted octanol–water partition coefficient (Wildman–Crippen LogP) is 7.37. The fraction of sp³-hybridized carbons (Fsp3) is 0.833. The molecule has 0 spiro atoms. The number of esters is 2. The van der Waals surface area contributed by atoms with Crippen LogP contribution in [0.25, 0.3) is 0 Å². The van der Waals surface area contributed by atoms with Gasteiger partial charge in [0.25, 0.3) is 0 Å². The topological polar surface area (TPSA) is 52.6 Å². The Morgan fingerprint density at radius 3 is 2.03 bits per heavy atom. The maximum atomic E-state index is 12.1. The summed E-state index contributed by atoms with van der Waals surface area (Å²) >= 11 is 0. The Bertz CT molecular complexity index is 429. The molecule has 0 saturated carbocycles. The van der Waals surface area contributed by atoms with Gasteiger partial charge in [-0.15, -0.1) is 0 Å². The molecular weight excluding hydrogens is 416 g/mol. The molecule has 0 aromatic rings. The number of carbonyl (C=O) groups is 2. The quantitative estimate of drug-likeness (QED) is 0.0727. The van der Waals surface area contributed by atoms with Crippen LogP contribution in [-0.2, 0) is 19.1 Å². The van der Waals surface area contributed by atoms with Crippen LogP contribution in [0.5, 0.6) is 0 Å². The maximum absolute atomic E-state index is 12.1. The van der Waals surface area contributed by atoms with Crippen molar-refractivity contribution in [2.75, 3.05) is 24.7 Å². The number of unbranched alkanes of at least 4 members (excludes halogenated alkanes) is 8. The predicted molar refractivity (Wildman–Crippen MR) is 132 cm³/mol. The zero-order valence-corrected chi connectivity index (χ0v) is 21.0. The van der Waals surface area contributed by atoms with E-state index in [1.807, 2.05) is 0 Å². The lowest BCUT2D eigenvalue weighted by molar-refractivity contribution is -0.144. The highest BCUT2D eigenvalue weighted by Gasteiger charge is 2.12. The molecule has 0 N–H and O–H groups in total. The number of hydrogen-bond donors (Lipinski definition) is 0. The largest absolute Gasteiger partial charge is 0.465 e. The van der Waals surface area contributed by atoms with E-state index >= 15 is 0 Å². The minimum atomic E-state index is -0.394. The summed E-state index contributed by atoms with van der Waals surface area (Å²) in [6, 6.07) is 0. The fourth-order valence-electron chi connectivity index (χ4n) is 3.15. The molecule has 176 valence electrons. The molecule has 1 unspecified atom stereocenters.